The first-order chi connectivity index (χ1) is 11.4. The first-order valence-corrected chi connectivity index (χ1v) is 10.6. The number of hydrogen-bond donors (Lipinski definition) is 1. The highest BCUT2D eigenvalue weighted by Crippen LogP contribution is 2.31. The van der Waals surface area contributed by atoms with Crippen LogP contribution in [0.15, 0.2) is 12.1 Å². The van der Waals surface area contributed by atoms with Gasteiger partial charge in [0.1, 0.15) is 5.82 Å². The summed E-state index contributed by atoms with van der Waals surface area (Å²) in [6, 6.07) is 3.53. The van der Waals surface area contributed by atoms with E-state index in [2.05, 4.69) is 9.97 Å². The minimum atomic E-state index is -3.12. The van der Waals surface area contributed by atoms with Gasteiger partial charge < -0.3 is 4.98 Å². The van der Waals surface area contributed by atoms with Gasteiger partial charge in [-0.2, -0.15) is 0 Å². The predicted molar refractivity (Wildman–Crippen MR) is 98.4 cm³/mol. The average Bonchev–Trinajstić information content (AvgIpc) is 2.96. The number of nitrogens with one attached hydrogen (secondary N) is 1. The number of fused-ring (bicyclic) bond motifs is 1. The van der Waals surface area contributed by atoms with Gasteiger partial charge in [-0.05, 0) is 31.4 Å². The van der Waals surface area contributed by atoms with Crippen LogP contribution in [0.3, 0.4) is 0 Å². The second kappa shape index (κ2) is 7.20. The van der Waals surface area contributed by atoms with Gasteiger partial charge in [-0.15, -0.1) is 0 Å². The Balaban J connectivity index is 1.71. The molecule has 5 nitrogen and oxygen atoms in total. The molecule has 0 saturated carbocycles. The zero-order valence-corrected chi connectivity index (χ0v) is 15.9. The van der Waals surface area contributed by atoms with Crippen molar-refractivity contribution in [3.8, 4) is 0 Å². The molecular formula is C16H21Cl2N3O2S. The standard InChI is InChI=1S/C16H21Cl2N3O2S/c1-2-3-8-24(22,23)21-6-4-11(5-7-21)16-19-14-9-12(17)13(18)10-15(14)20-16/h9-11H,2-8H2,1H3,(H,19,20). The summed E-state index contributed by atoms with van der Waals surface area (Å²) in [5.41, 5.74) is 1.65. The highest BCUT2D eigenvalue weighted by atomic mass is 35.5. The van der Waals surface area contributed by atoms with Crippen LogP contribution in [0.1, 0.15) is 44.3 Å². The number of nitrogens with zero attached hydrogens (tertiary/aromatic N) is 2. The molecule has 0 unspecified atom stereocenters. The molecule has 0 radical (unpaired) electrons. The molecule has 1 N–H and O–H groups in total. The first kappa shape index (κ1) is 18.0. The van der Waals surface area contributed by atoms with E-state index in [-0.39, 0.29) is 11.7 Å². The molecule has 1 aliphatic heterocycles. The van der Waals surface area contributed by atoms with Crippen molar-refractivity contribution in [2.45, 2.75) is 38.5 Å². The van der Waals surface area contributed by atoms with E-state index in [1.165, 1.54) is 0 Å². The molecule has 1 saturated heterocycles. The van der Waals surface area contributed by atoms with Gasteiger partial charge in [-0.3, -0.25) is 0 Å². The number of benzene rings is 1. The van der Waals surface area contributed by atoms with Crippen molar-refractivity contribution in [2.75, 3.05) is 18.8 Å². The molecule has 0 spiro atoms. The summed E-state index contributed by atoms with van der Waals surface area (Å²) in [5.74, 6) is 1.36. The fraction of sp³-hybridized carbons (Fsp3) is 0.562. The number of rotatable bonds is 5. The van der Waals surface area contributed by atoms with Gasteiger partial charge in [0.15, 0.2) is 0 Å². The molecule has 2 heterocycles. The molecule has 2 aromatic rings. The lowest BCUT2D eigenvalue weighted by Gasteiger charge is -2.30. The molecule has 8 heteroatoms. The van der Waals surface area contributed by atoms with Crippen molar-refractivity contribution >= 4 is 44.3 Å². The number of aromatic nitrogens is 2. The van der Waals surface area contributed by atoms with E-state index in [1.54, 1.807) is 16.4 Å². The second-order valence-corrected chi connectivity index (χ2v) is 9.15. The summed E-state index contributed by atoms with van der Waals surface area (Å²) < 4.78 is 26.2. The molecule has 0 aliphatic carbocycles. The van der Waals surface area contributed by atoms with E-state index in [1.807, 2.05) is 6.92 Å². The van der Waals surface area contributed by atoms with E-state index in [4.69, 9.17) is 23.2 Å². The summed E-state index contributed by atoms with van der Waals surface area (Å²) in [4.78, 5) is 7.91. The van der Waals surface area contributed by atoms with Crippen molar-refractivity contribution in [1.82, 2.24) is 14.3 Å². The molecule has 1 aromatic heterocycles. The lowest BCUT2D eigenvalue weighted by atomic mass is 9.97. The quantitative estimate of drug-likeness (QED) is 0.833. The highest BCUT2D eigenvalue weighted by Gasteiger charge is 2.29. The number of unbranched alkanes of at least 4 members (excludes halogenated alkanes) is 1. The maximum absolute atomic E-state index is 12.3. The number of hydrogen-bond acceptors (Lipinski definition) is 3. The van der Waals surface area contributed by atoms with Crippen molar-refractivity contribution in [2.24, 2.45) is 0 Å². The van der Waals surface area contributed by atoms with Crippen LogP contribution in [0.25, 0.3) is 11.0 Å². The van der Waals surface area contributed by atoms with Crippen molar-refractivity contribution in [1.29, 1.82) is 0 Å². The van der Waals surface area contributed by atoms with E-state index in [0.29, 0.717) is 29.6 Å². The Morgan fingerprint density at radius 2 is 1.92 bits per heavy atom. The molecule has 3 rings (SSSR count). The maximum Gasteiger partial charge on any atom is 0.214 e. The summed E-state index contributed by atoms with van der Waals surface area (Å²) in [7, 11) is -3.12. The van der Waals surface area contributed by atoms with E-state index >= 15 is 0 Å². The number of piperidine rings is 1. The number of halogens is 2. The predicted octanol–water partition coefficient (Wildman–Crippen LogP) is 4.18. The van der Waals surface area contributed by atoms with Crippen LogP contribution in [0.2, 0.25) is 10.0 Å². The number of H-pyrrole nitrogens is 1. The fourth-order valence-corrected chi connectivity index (χ4v) is 5.08. The smallest absolute Gasteiger partial charge is 0.214 e. The number of imidazole rings is 1. The van der Waals surface area contributed by atoms with E-state index < -0.39 is 10.0 Å². The third kappa shape index (κ3) is 3.72. The van der Waals surface area contributed by atoms with Crippen LogP contribution < -0.4 is 0 Å². The van der Waals surface area contributed by atoms with Gasteiger partial charge in [0, 0.05) is 19.0 Å². The highest BCUT2D eigenvalue weighted by molar-refractivity contribution is 7.89. The molecule has 0 bridgehead atoms. The van der Waals surface area contributed by atoms with Crippen LogP contribution >= 0.6 is 23.2 Å². The molecular weight excluding hydrogens is 369 g/mol. The molecule has 0 amide bonds. The van der Waals surface area contributed by atoms with Gasteiger partial charge in [0.25, 0.3) is 0 Å². The van der Waals surface area contributed by atoms with Gasteiger partial charge in [0.05, 0.1) is 26.8 Å². The summed E-state index contributed by atoms with van der Waals surface area (Å²) in [6.45, 7) is 3.10. The van der Waals surface area contributed by atoms with Crippen LogP contribution in [0.4, 0.5) is 0 Å². The molecule has 1 aliphatic rings. The van der Waals surface area contributed by atoms with Crippen molar-refractivity contribution < 1.29 is 8.42 Å². The molecule has 0 atom stereocenters. The van der Waals surface area contributed by atoms with Crippen LogP contribution in [0.5, 0.6) is 0 Å². The van der Waals surface area contributed by atoms with Crippen LogP contribution in [-0.4, -0.2) is 41.5 Å². The molecule has 1 fully saturated rings. The lowest BCUT2D eigenvalue weighted by molar-refractivity contribution is 0.314. The van der Waals surface area contributed by atoms with Gasteiger partial charge in [0.2, 0.25) is 10.0 Å². The zero-order chi connectivity index (χ0) is 17.3. The zero-order valence-electron chi connectivity index (χ0n) is 13.6. The summed E-state index contributed by atoms with van der Waals surface area (Å²) in [6.07, 6.45) is 3.15. The maximum atomic E-state index is 12.3. The lowest BCUT2D eigenvalue weighted by Crippen LogP contribution is -2.39. The third-order valence-corrected chi connectivity index (χ3v) is 7.21. The SMILES string of the molecule is CCCCS(=O)(=O)N1CCC(c2nc3cc(Cl)c(Cl)cc3[nH]2)CC1. The van der Waals surface area contributed by atoms with Crippen LogP contribution in [-0.2, 0) is 10.0 Å². The van der Waals surface area contributed by atoms with E-state index in [0.717, 1.165) is 36.1 Å². The minimum Gasteiger partial charge on any atom is -0.342 e. The number of aromatic amines is 1. The Bertz CT molecular complexity index is 788. The Kier molecular flexibility index (Phi) is 5.39. The van der Waals surface area contributed by atoms with E-state index in [9.17, 15) is 8.42 Å². The minimum absolute atomic E-state index is 0.229. The topological polar surface area (TPSA) is 66.1 Å². The monoisotopic (exact) mass is 389 g/mol. The molecule has 24 heavy (non-hydrogen) atoms. The van der Waals surface area contributed by atoms with Gasteiger partial charge >= 0.3 is 0 Å². The van der Waals surface area contributed by atoms with Crippen molar-refractivity contribution in [3.63, 3.8) is 0 Å². The van der Waals surface area contributed by atoms with Crippen LogP contribution in [0, 0.1) is 0 Å². The number of sulfonamides is 1. The summed E-state index contributed by atoms with van der Waals surface area (Å²) >= 11 is 12.1. The normalized spacial score (nSPS) is 17.6. The largest absolute Gasteiger partial charge is 0.342 e. The Hall–Kier alpha value is -0.820. The van der Waals surface area contributed by atoms with Gasteiger partial charge in [-0.25, -0.2) is 17.7 Å². The van der Waals surface area contributed by atoms with Gasteiger partial charge in [-0.1, -0.05) is 36.5 Å². The Labute approximate surface area is 152 Å². The Morgan fingerprint density at radius 1 is 1.25 bits per heavy atom. The van der Waals surface area contributed by atoms with Crippen molar-refractivity contribution in [3.05, 3.63) is 28.0 Å². The fourth-order valence-electron chi connectivity index (χ4n) is 3.08. The second-order valence-electron chi connectivity index (χ2n) is 6.25. The average molecular weight is 390 g/mol. The third-order valence-electron chi connectivity index (χ3n) is 4.53. The molecule has 132 valence electrons. The first-order valence-electron chi connectivity index (χ1n) is 8.23. The summed E-state index contributed by atoms with van der Waals surface area (Å²) in [5, 5.41) is 0.982. The molecule has 1 aromatic carbocycles. The Morgan fingerprint density at radius 3 is 2.58 bits per heavy atom.